The van der Waals surface area contributed by atoms with Gasteiger partial charge in [-0.25, -0.2) is 0 Å². The largest absolute Gasteiger partial charge is 0.493 e. The molecule has 3 atom stereocenters. The van der Waals surface area contributed by atoms with Gasteiger partial charge in [0, 0.05) is 18.5 Å². The van der Waals surface area contributed by atoms with Crippen molar-refractivity contribution in [3.05, 3.63) is 30.3 Å². The van der Waals surface area contributed by atoms with Gasteiger partial charge in [-0.1, -0.05) is 18.2 Å². The standard InChI is InChI=1S/C22H30N2O4/c25-21(11-13-27-18-7-2-1-3-8-18)24-12-14-28-20-10-9-16(15-19(20)24)22(26)23-17-5-4-6-17/h1-3,7-8,16-17,19-20H,4-6,9-15H2,(H,23,26)/t16-,19+,20+/m0/s1. The fourth-order valence-electron chi connectivity index (χ4n) is 4.45. The van der Waals surface area contributed by atoms with Gasteiger partial charge in [0.1, 0.15) is 5.75 Å². The maximum absolute atomic E-state index is 12.8. The van der Waals surface area contributed by atoms with E-state index in [0.717, 1.165) is 31.4 Å². The molecule has 2 amide bonds. The van der Waals surface area contributed by atoms with E-state index in [9.17, 15) is 9.59 Å². The van der Waals surface area contributed by atoms with Crippen molar-refractivity contribution in [2.24, 2.45) is 5.92 Å². The third-order valence-electron chi connectivity index (χ3n) is 6.29. The summed E-state index contributed by atoms with van der Waals surface area (Å²) in [6, 6.07) is 9.92. The van der Waals surface area contributed by atoms with Gasteiger partial charge in [0.15, 0.2) is 0 Å². The molecule has 1 aromatic carbocycles. The van der Waals surface area contributed by atoms with Gasteiger partial charge in [0.05, 0.1) is 31.8 Å². The number of hydrogen-bond acceptors (Lipinski definition) is 4. The van der Waals surface area contributed by atoms with Gasteiger partial charge in [-0.15, -0.1) is 0 Å². The molecule has 1 heterocycles. The van der Waals surface area contributed by atoms with Crippen molar-refractivity contribution in [2.75, 3.05) is 19.8 Å². The van der Waals surface area contributed by atoms with Gasteiger partial charge >= 0.3 is 0 Å². The Morgan fingerprint density at radius 1 is 1.14 bits per heavy atom. The van der Waals surface area contributed by atoms with E-state index in [1.165, 1.54) is 6.42 Å². The Morgan fingerprint density at radius 2 is 1.96 bits per heavy atom. The molecular weight excluding hydrogens is 356 g/mol. The third-order valence-corrected chi connectivity index (χ3v) is 6.29. The lowest BCUT2D eigenvalue weighted by molar-refractivity contribution is -0.154. The van der Waals surface area contributed by atoms with Crippen LogP contribution in [0.2, 0.25) is 0 Å². The van der Waals surface area contributed by atoms with Crippen LogP contribution in [-0.2, 0) is 14.3 Å². The Morgan fingerprint density at radius 3 is 2.71 bits per heavy atom. The number of rotatable bonds is 6. The minimum atomic E-state index is -0.0144. The van der Waals surface area contributed by atoms with Crippen molar-refractivity contribution in [3.8, 4) is 5.75 Å². The zero-order valence-electron chi connectivity index (χ0n) is 16.3. The summed E-state index contributed by atoms with van der Waals surface area (Å²) in [6.45, 7) is 1.54. The molecule has 1 N–H and O–H groups in total. The quantitative estimate of drug-likeness (QED) is 0.816. The number of ether oxygens (including phenoxy) is 2. The van der Waals surface area contributed by atoms with E-state index < -0.39 is 0 Å². The number of morpholine rings is 1. The molecule has 1 saturated heterocycles. The molecule has 6 nitrogen and oxygen atoms in total. The Kier molecular flexibility index (Phi) is 6.15. The van der Waals surface area contributed by atoms with Crippen LogP contribution in [0.4, 0.5) is 0 Å². The van der Waals surface area contributed by atoms with Gasteiger partial charge < -0.3 is 19.7 Å². The fourth-order valence-corrected chi connectivity index (χ4v) is 4.45. The second-order valence-corrected chi connectivity index (χ2v) is 8.12. The zero-order chi connectivity index (χ0) is 19.3. The molecular formula is C22H30N2O4. The van der Waals surface area contributed by atoms with Crippen LogP contribution in [0.15, 0.2) is 30.3 Å². The molecule has 2 aliphatic carbocycles. The maximum Gasteiger partial charge on any atom is 0.226 e. The van der Waals surface area contributed by atoms with Crippen LogP contribution in [0, 0.1) is 5.92 Å². The smallest absolute Gasteiger partial charge is 0.226 e. The summed E-state index contributed by atoms with van der Waals surface area (Å²) in [6.07, 6.45) is 6.20. The molecule has 0 aromatic heterocycles. The van der Waals surface area contributed by atoms with Gasteiger partial charge in [-0.05, 0) is 50.7 Å². The third kappa shape index (κ3) is 4.49. The van der Waals surface area contributed by atoms with E-state index in [1.807, 2.05) is 35.2 Å². The highest BCUT2D eigenvalue weighted by Gasteiger charge is 2.41. The second kappa shape index (κ2) is 8.95. The van der Waals surface area contributed by atoms with Crippen molar-refractivity contribution in [2.45, 2.75) is 63.1 Å². The normalized spacial score (nSPS) is 27.4. The van der Waals surface area contributed by atoms with Gasteiger partial charge in [-0.3, -0.25) is 9.59 Å². The van der Waals surface area contributed by atoms with E-state index in [4.69, 9.17) is 9.47 Å². The lowest BCUT2D eigenvalue weighted by Crippen LogP contribution is -2.57. The highest BCUT2D eigenvalue weighted by Crippen LogP contribution is 2.33. The number of hydrogen-bond donors (Lipinski definition) is 1. The van der Waals surface area contributed by atoms with Crippen molar-refractivity contribution < 1.29 is 19.1 Å². The number of benzene rings is 1. The Bertz CT molecular complexity index is 676. The number of carbonyl (C=O) groups excluding carboxylic acids is 2. The lowest BCUT2D eigenvalue weighted by Gasteiger charge is -2.46. The summed E-state index contributed by atoms with van der Waals surface area (Å²) >= 11 is 0. The zero-order valence-corrected chi connectivity index (χ0v) is 16.3. The van der Waals surface area contributed by atoms with Gasteiger partial charge in [0.2, 0.25) is 11.8 Å². The number of carbonyl (C=O) groups is 2. The monoisotopic (exact) mass is 386 g/mol. The Labute approximate surface area is 166 Å². The van der Waals surface area contributed by atoms with Crippen molar-refractivity contribution in [1.29, 1.82) is 0 Å². The summed E-state index contributed by atoms with van der Waals surface area (Å²) in [5, 5.41) is 3.17. The molecule has 0 radical (unpaired) electrons. The van der Waals surface area contributed by atoms with Crippen LogP contribution in [0.3, 0.4) is 0 Å². The summed E-state index contributed by atoms with van der Waals surface area (Å²) in [4.78, 5) is 27.4. The molecule has 6 heteroatoms. The highest BCUT2D eigenvalue weighted by molar-refractivity contribution is 5.80. The summed E-state index contributed by atoms with van der Waals surface area (Å²) in [7, 11) is 0. The molecule has 28 heavy (non-hydrogen) atoms. The molecule has 3 fully saturated rings. The predicted molar refractivity (Wildman–Crippen MR) is 105 cm³/mol. The first-order valence-corrected chi connectivity index (χ1v) is 10.6. The van der Waals surface area contributed by atoms with Crippen LogP contribution in [0.1, 0.15) is 44.9 Å². The maximum atomic E-state index is 12.8. The molecule has 0 unspecified atom stereocenters. The lowest BCUT2D eigenvalue weighted by atomic mass is 9.81. The molecule has 2 saturated carbocycles. The summed E-state index contributed by atoms with van der Waals surface area (Å²) in [5.41, 5.74) is 0. The van der Waals surface area contributed by atoms with Crippen LogP contribution in [-0.4, -0.2) is 54.7 Å². The first kappa shape index (κ1) is 19.2. The number of para-hydroxylation sites is 1. The van der Waals surface area contributed by atoms with Crippen molar-refractivity contribution >= 4 is 11.8 Å². The Balaban J connectivity index is 1.31. The minimum absolute atomic E-state index is 0.00358. The average molecular weight is 386 g/mol. The van der Waals surface area contributed by atoms with Crippen molar-refractivity contribution in [3.63, 3.8) is 0 Å². The first-order valence-electron chi connectivity index (χ1n) is 10.6. The molecule has 3 aliphatic rings. The number of nitrogens with one attached hydrogen (secondary N) is 1. The highest BCUT2D eigenvalue weighted by atomic mass is 16.5. The molecule has 152 valence electrons. The molecule has 4 rings (SSSR count). The average Bonchev–Trinajstić information content (AvgIpc) is 2.70. The molecule has 0 spiro atoms. The topological polar surface area (TPSA) is 67.9 Å². The first-order chi connectivity index (χ1) is 13.7. The Hall–Kier alpha value is -2.08. The SMILES string of the molecule is O=C(NC1CCC1)[C@H]1CC[C@H]2OCCN(C(=O)CCOc3ccccc3)[C@@H]2C1. The minimum Gasteiger partial charge on any atom is -0.493 e. The van der Waals surface area contributed by atoms with Gasteiger partial charge in [-0.2, -0.15) is 0 Å². The van der Waals surface area contributed by atoms with E-state index in [1.54, 1.807) is 0 Å². The van der Waals surface area contributed by atoms with Crippen LogP contribution >= 0.6 is 0 Å². The number of amides is 2. The molecule has 1 aromatic rings. The van der Waals surface area contributed by atoms with E-state index >= 15 is 0 Å². The van der Waals surface area contributed by atoms with E-state index in [-0.39, 0.29) is 29.9 Å². The van der Waals surface area contributed by atoms with E-state index in [2.05, 4.69) is 5.32 Å². The molecule has 1 aliphatic heterocycles. The van der Waals surface area contributed by atoms with E-state index in [0.29, 0.717) is 38.6 Å². The summed E-state index contributed by atoms with van der Waals surface area (Å²) in [5.74, 6) is 1.02. The fraction of sp³-hybridized carbons (Fsp3) is 0.636. The summed E-state index contributed by atoms with van der Waals surface area (Å²) < 4.78 is 11.6. The second-order valence-electron chi connectivity index (χ2n) is 8.12. The predicted octanol–water partition coefficient (Wildman–Crippen LogP) is 2.52. The van der Waals surface area contributed by atoms with Crippen LogP contribution < -0.4 is 10.1 Å². The molecule has 0 bridgehead atoms. The number of fused-ring (bicyclic) bond motifs is 1. The van der Waals surface area contributed by atoms with Crippen LogP contribution in [0.25, 0.3) is 0 Å². The number of nitrogens with zero attached hydrogens (tertiary/aromatic N) is 1. The van der Waals surface area contributed by atoms with Crippen molar-refractivity contribution in [1.82, 2.24) is 10.2 Å². The van der Waals surface area contributed by atoms with Crippen LogP contribution in [0.5, 0.6) is 5.75 Å². The van der Waals surface area contributed by atoms with Gasteiger partial charge in [0.25, 0.3) is 0 Å².